The van der Waals surface area contributed by atoms with Gasteiger partial charge >= 0.3 is 5.97 Å². The SMILES string of the molecule is COC(=O)[C@@H](C)[C@H]1CC[C@@H](CC=O)O1. The number of hydrogen-bond acceptors (Lipinski definition) is 4. The predicted octanol–water partition coefficient (Wildman–Crippen LogP) is 0.932. The molecule has 1 heterocycles. The molecule has 1 aliphatic rings. The fraction of sp³-hybridized carbons (Fsp3) is 0.800. The number of carbonyl (C=O) groups is 2. The Morgan fingerprint density at radius 2 is 2.36 bits per heavy atom. The van der Waals surface area contributed by atoms with Gasteiger partial charge in [-0.05, 0) is 19.8 Å². The second-order valence-corrected chi connectivity index (χ2v) is 3.59. The van der Waals surface area contributed by atoms with Crippen LogP contribution in [0.5, 0.6) is 0 Å². The Balaban J connectivity index is 2.41. The molecule has 14 heavy (non-hydrogen) atoms. The van der Waals surface area contributed by atoms with Gasteiger partial charge in [0, 0.05) is 6.42 Å². The smallest absolute Gasteiger partial charge is 0.311 e. The van der Waals surface area contributed by atoms with Gasteiger partial charge in [-0.3, -0.25) is 4.79 Å². The zero-order valence-corrected chi connectivity index (χ0v) is 8.56. The molecule has 0 amide bonds. The number of aldehydes is 1. The van der Waals surface area contributed by atoms with E-state index in [4.69, 9.17) is 4.74 Å². The van der Waals surface area contributed by atoms with Crippen molar-refractivity contribution in [3.63, 3.8) is 0 Å². The predicted molar refractivity (Wildman–Crippen MR) is 49.8 cm³/mol. The van der Waals surface area contributed by atoms with E-state index in [9.17, 15) is 9.59 Å². The molecule has 1 rings (SSSR count). The average Bonchev–Trinajstić information content (AvgIpc) is 2.64. The van der Waals surface area contributed by atoms with Gasteiger partial charge in [0.05, 0.1) is 25.2 Å². The number of carbonyl (C=O) groups excluding carboxylic acids is 2. The van der Waals surface area contributed by atoms with Crippen molar-refractivity contribution in [2.45, 2.75) is 38.4 Å². The molecule has 0 saturated carbocycles. The summed E-state index contributed by atoms with van der Waals surface area (Å²) >= 11 is 0. The average molecular weight is 200 g/mol. The van der Waals surface area contributed by atoms with Crippen molar-refractivity contribution in [1.82, 2.24) is 0 Å². The van der Waals surface area contributed by atoms with Crippen LogP contribution in [0.15, 0.2) is 0 Å². The van der Waals surface area contributed by atoms with Crippen molar-refractivity contribution < 1.29 is 19.1 Å². The Bertz CT molecular complexity index is 214. The highest BCUT2D eigenvalue weighted by molar-refractivity contribution is 5.72. The zero-order chi connectivity index (χ0) is 10.6. The van der Waals surface area contributed by atoms with Crippen LogP contribution < -0.4 is 0 Å². The first kappa shape index (κ1) is 11.2. The van der Waals surface area contributed by atoms with Crippen LogP contribution in [-0.2, 0) is 19.1 Å². The lowest BCUT2D eigenvalue weighted by molar-refractivity contribution is -0.149. The van der Waals surface area contributed by atoms with E-state index in [0.29, 0.717) is 6.42 Å². The number of rotatable bonds is 4. The normalized spacial score (nSPS) is 28.4. The standard InChI is InChI=1S/C10H16O4/c1-7(10(12)13-2)9-4-3-8(14-9)5-6-11/h6-9H,3-5H2,1-2H3/t7-,8-,9+/m0/s1. The Kier molecular flexibility index (Phi) is 4.07. The fourth-order valence-corrected chi connectivity index (χ4v) is 1.72. The molecule has 3 atom stereocenters. The molecule has 1 fully saturated rings. The van der Waals surface area contributed by atoms with Gasteiger partial charge in [-0.15, -0.1) is 0 Å². The van der Waals surface area contributed by atoms with E-state index in [1.165, 1.54) is 7.11 Å². The molecule has 0 bridgehead atoms. The zero-order valence-electron chi connectivity index (χ0n) is 8.56. The first-order valence-corrected chi connectivity index (χ1v) is 4.86. The number of ether oxygens (including phenoxy) is 2. The summed E-state index contributed by atoms with van der Waals surface area (Å²) < 4.78 is 10.2. The topological polar surface area (TPSA) is 52.6 Å². The number of hydrogen-bond donors (Lipinski definition) is 0. The van der Waals surface area contributed by atoms with E-state index in [0.717, 1.165) is 19.1 Å². The largest absolute Gasteiger partial charge is 0.469 e. The lowest BCUT2D eigenvalue weighted by atomic mass is 10.0. The fourth-order valence-electron chi connectivity index (χ4n) is 1.72. The minimum atomic E-state index is -0.248. The van der Waals surface area contributed by atoms with E-state index in [2.05, 4.69) is 4.74 Å². The molecule has 80 valence electrons. The van der Waals surface area contributed by atoms with Gasteiger partial charge in [-0.25, -0.2) is 0 Å². The molecule has 1 aliphatic heterocycles. The quantitative estimate of drug-likeness (QED) is 0.500. The van der Waals surface area contributed by atoms with Gasteiger partial charge < -0.3 is 14.3 Å². The summed E-state index contributed by atoms with van der Waals surface area (Å²) in [5, 5.41) is 0. The maximum Gasteiger partial charge on any atom is 0.311 e. The summed E-state index contributed by atoms with van der Waals surface area (Å²) in [4.78, 5) is 21.4. The molecule has 1 saturated heterocycles. The minimum absolute atomic E-state index is 0.00962. The van der Waals surface area contributed by atoms with Crippen LogP contribution in [0.25, 0.3) is 0 Å². The van der Waals surface area contributed by atoms with Crippen LogP contribution in [0.4, 0.5) is 0 Å². The Hall–Kier alpha value is -0.900. The third-order valence-corrected chi connectivity index (χ3v) is 2.63. The molecular weight excluding hydrogens is 184 g/mol. The highest BCUT2D eigenvalue weighted by Crippen LogP contribution is 2.27. The molecule has 0 radical (unpaired) electrons. The molecular formula is C10H16O4. The molecule has 0 unspecified atom stereocenters. The Morgan fingerprint density at radius 1 is 1.64 bits per heavy atom. The number of esters is 1. The van der Waals surface area contributed by atoms with Crippen LogP contribution in [0, 0.1) is 5.92 Å². The van der Waals surface area contributed by atoms with E-state index >= 15 is 0 Å². The van der Waals surface area contributed by atoms with Crippen LogP contribution in [0.3, 0.4) is 0 Å². The van der Waals surface area contributed by atoms with Crippen molar-refractivity contribution >= 4 is 12.3 Å². The number of methoxy groups -OCH3 is 1. The van der Waals surface area contributed by atoms with Gasteiger partial charge in [0.15, 0.2) is 0 Å². The molecule has 4 nitrogen and oxygen atoms in total. The molecule has 4 heteroatoms. The van der Waals surface area contributed by atoms with Crippen molar-refractivity contribution in [3.8, 4) is 0 Å². The van der Waals surface area contributed by atoms with E-state index in [1.807, 2.05) is 0 Å². The summed E-state index contributed by atoms with van der Waals surface area (Å²) in [6.45, 7) is 1.79. The summed E-state index contributed by atoms with van der Waals surface area (Å²) in [6, 6.07) is 0. The van der Waals surface area contributed by atoms with Gasteiger partial charge in [0.1, 0.15) is 6.29 Å². The van der Waals surface area contributed by atoms with E-state index in [1.54, 1.807) is 6.92 Å². The highest BCUT2D eigenvalue weighted by atomic mass is 16.5. The maximum absolute atomic E-state index is 11.2. The van der Waals surface area contributed by atoms with Gasteiger partial charge in [0.2, 0.25) is 0 Å². The van der Waals surface area contributed by atoms with Crippen LogP contribution in [0.1, 0.15) is 26.2 Å². The molecule has 0 aliphatic carbocycles. The molecule has 0 aromatic rings. The lowest BCUT2D eigenvalue weighted by Crippen LogP contribution is -2.27. The highest BCUT2D eigenvalue weighted by Gasteiger charge is 2.33. The summed E-state index contributed by atoms with van der Waals surface area (Å²) in [5.41, 5.74) is 0. The van der Waals surface area contributed by atoms with Gasteiger partial charge in [-0.2, -0.15) is 0 Å². The summed E-state index contributed by atoms with van der Waals surface area (Å²) in [7, 11) is 1.37. The van der Waals surface area contributed by atoms with Crippen LogP contribution in [-0.4, -0.2) is 31.6 Å². The summed E-state index contributed by atoms with van der Waals surface area (Å²) in [6.07, 6.45) is 2.86. The molecule has 0 aromatic carbocycles. The van der Waals surface area contributed by atoms with E-state index in [-0.39, 0.29) is 24.1 Å². The third kappa shape index (κ3) is 2.54. The lowest BCUT2D eigenvalue weighted by Gasteiger charge is -2.17. The molecule has 0 spiro atoms. The Morgan fingerprint density at radius 3 is 2.93 bits per heavy atom. The van der Waals surface area contributed by atoms with Crippen molar-refractivity contribution in [2.75, 3.05) is 7.11 Å². The van der Waals surface area contributed by atoms with Gasteiger partial charge in [-0.1, -0.05) is 0 Å². The molecule has 0 aromatic heterocycles. The first-order valence-electron chi connectivity index (χ1n) is 4.86. The minimum Gasteiger partial charge on any atom is -0.469 e. The van der Waals surface area contributed by atoms with Gasteiger partial charge in [0.25, 0.3) is 0 Å². The van der Waals surface area contributed by atoms with Crippen molar-refractivity contribution in [3.05, 3.63) is 0 Å². The summed E-state index contributed by atoms with van der Waals surface area (Å²) in [5.74, 6) is -0.488. The van der Waals surface area contributed by atoms with E-state index < -0.39 is 0 Å². The van der Waals surface area contributed by atoms with Crippen LogP contribution >= 0.6 is 0 Å². The second kappa shape index (κ2) is 5.10. The van der Waals surface area contributed by atoms with Crippen LogP contribution in [0.2, 0.25) is 0 Å². The Labute approximate surface area is 83.6 Å². The first-order chi connectivity index (χ1) is 6.69. The maximum atomic E-state index is 11.2. The van der Waals surface area contributed by atoms with Crippen molar-refractivity contribution in [1.29, 1.82) is 0 Å². The second-order valence-electron chi connectivity index (χ2n) is 3.59. The van der Waals surface area contributed by atoms with Crippen molar-refractivity contribution in [2.24, 2.45) is 5.92 Å². The monoisotopic (exact) mass is 200 g/mol. The molecule has 0 N–H and O–H groups in total. The third-order valence-electron chi connectivity index (χ3n) is 2.63.